The van der Waals surface area contributed by atoms with Crippen LogP contribution in [0, 0.1) is 27.7 Å². The number of aromatic nitrogens is 2. The van der Waals surface area contributed by atoms with Gasteiger partial charge in [0, 0.05) is 23.9 Å². The third-order valence-corrected chi connectivity index (χ3v) is 6.47. The Labute approximate surface area is 162 Å². The quantitative estimate of drug-likeness (QED) is 0.473. The van der Waals surface area contributed by atoms with Crippen molar-refractivity contribution in [3.63, 3.8) is 0 Å². The normalized spacial score (nSPS) is 11.1. The molecular weight excluding hydrogens is 362 g/mol. The van der Waals surface area contributed by atoms with Gasteiger partial charge in [0.05, 0.1) is 5.75 Å². The molecule has 0 aliphatic heterocycles. The number of rotatable bonds is 5. The first-order chi connectivity index (χ1) is 12.3. The Balaban J connectivity index is 1.71. The molecule has 136 valence electrons. The highest BCUT2D eigenvalue weighted by atomic mass is 32.2. The summed E-state index contributed by atoms with van der Waals surface area (Å²) < 4.78 is 0. The summed E-state index contributed by atoms with van der Waals surface area (Å²) >= 11 is 3.20. The Morgan fingerprint density at radius 3 is 2.50 bits per heavy atom. The third kappa shape index (κ3) is 4.07. The Kier molecular flexibility index (Phi) is 5.63. The van der Waals surface area contributed by atoms with Gasteiger partial charge in [-0.1, -0.05) is 41.6 Å². The maximum Gasteiger partial charge on any atom is 0.233 e. The lowest BCUT2D eigenvalue weighted by molar-refractivity contribution is -0.127. The van der Waals surface area contributed by atoms with Crippen molar-refractivity contribution in [3.05, 3.63) is 51.7 Å². The molecule has 4 nitrogen and oxygen atoms in total. The van der Waals surface area contributed by atoms with Gasteiger partial charge in [0.2, 0.25) is 5.91 Å². The van der Waals surface area contributed by atoms with Gasteiger partial charge in [-0.15, -0.1) is 11.3 Å². The van der Waals surface area contributed by atoms with Crippen LogP contribution in [0.5, 0.6) is 0 Å². The van der Waals surface area contributed by atoms with Crippen LogP contribution in [0.1, 0.15) is 27.4 Å². The highest BCUT2D eigenvalue weighted by molar-refractivity contribution is 8.00. The molecule has 1 amide bonds. The molecule has 0 unspecified atom stereocenters. The predicted molar refractivity (Wildman–Crippen MR) is 110 cm³/mol. The molecule has 0 spiro atoms. The molecule has 0 saturated carbocycles. The number of carbonyl (C=O) groups excluding carboxylic acids is 1. The topological polar surface area (TPSA) is 46.1 Å². The van der Waals surface area contributed by atoms with E-state index in [0.717, 1.165) is 26.6 Å². The van der Waals surface area contributed by atoms with Crippen molar-refractivity contribution in [2.24, 2.45) is 0 Å². The smallest absolute Gasteiger partial charge is 0.233 e. The van der Waals surface area contributed by atoms with Gasteiger partial charge >= 0.3 is 0 Å². The van der Waals surface area contributed by atoms with E-state index in [0.29, 0.717) is 12.3 Å². The second kappa shape index (κ2) is 7.76. The van der Waals surface area contributed by atoms with Crippen molar-refractivity contribution in [2.45, 2.75) is 39.3 Å². The van der Waals surface area contributed by atoms with E-state index in [9.17, 15) is 4.79 Å². The van der Waals surface area contributed by atoms with Crippen LogP contribution < -0.4 is 0 Å². The molecule has 0 fully saturated rings. The van der Waals surface area contributed by atoms with Crippen LogP contribution in [0.4, 0.5) is 0 Å². The van der Waals surface area contributed by atoms with Crippen molar-refractivity contribution >= 4 is 39.2 Å². The zero-order valence-corrected chi connectivity index (χ0v) is 17.4. The van der Waals surface area contributed by atoms with Crippen LogP contribution in [0.2, 0.25) is 0 Å². The molecule has 1 aromatic carbocycles. The van der Waals surface area contributed by atoms with Gasteiger partial charge < -0.3 is 4.90 Å². The lowest BCUT2D eigenvalue weighted by atomic mass is 10.1. The number of fused-ring (bicyclic) bond motifs is 1. The Bertz CT molecular complexity index is 948. The first-order valence-electron chi connectivity index (χ1n) is 8.52. The number of thioether (sulfide) groups is 1. The number of amides is 1. The fraction of sp³-hybridized carbons (Fsp3) is 0.350. The molecule has 3 aromatic rings. The Hall–Kier alpha value is -1.92. The molecule has 0 radical (unpaired) electrons. The third-order valence-electron chi connectivity index (χ3n) is 4.41. The summed E-state index contributed by atoms with van der Waals surface area (Å²) in [5.41, 5.74) is 3.58. The maximum atomic E-state index is 12.6. The zero-order chi connectivity index (χ0) is 18.8. The number of hydrogen-bond acceptors (Lipinski definition) is 5. The van der Waals surface area contributed by atoms with Crippen molar-refractivity contribution in [1.82, 2.24) is 14.9 Å². The molecule has 0 bridgehead atoms. The van der Waals surface area contributed by atoms with Crippen molar-refractivity contribution in [1.29, 1.82) is 0 Å². The standard InChI is InChI=1S/C20H23N3OS2/c1-12-6-8-16(9-7-12)10-23(5)17(24)11-25-19-18-13(2)14(3)26-20(18)22-15(4)21-19/h6-9H,10-11H2,1-5H3. The summed E-state index contributed by atoms with van der Waals surface area (Å²) in [6, 6.07) is 8.29. The molecular formula is C20H23N3OS2. The molecule has 3 rings (SSSR count). The Morgan fingerprint density at radius 2 is 1.81 bits per heavy atom. The number of benzene rings is 1. The summed E-state index contributed by atoms with van der Waals surface area (Å²) in [6.07, 6.45) is 0. The number of nitrogens with zero attached hydrogens (tertiary/aromatic N) is 3. The summed E-state index contributed by atoms with van der Waals surface area (Å²) in [5.74, 6) is 1.23. The molecule has 0 saturated heterocycles. The van der Waals surface area contributed by atoms with E-state index in [-0.39, 0.29) is 5.91 Å². The van der Waals surface area contributed by atoms with Crippen LogP contribution in [-0.2, 0) is 11.3 Å². The van der Waals surface area contributed by atoms with Crippen LogP contribution >= 0.6 is 23.1 Å². The van der Waals surface area contributed by atoms with E-state index in [1.165, 1.54) is 27.8 Å². The van der Waals surface area contributed by atoms with E-state index in [2.05, 4.69) is 55.0 Å². The van der Waals surface area contributed by atoms with Crippen LogP contribution in [0.25, 0.3) is 10.2 Å². The van der Waals surface area contributed by atoms with Gasteiger partial charge in [0.25, 0.3) is 0 Å². The minimum atomic E-state index is 0.101. The molecule has 2 heterocycles. The lowest BCUT2D eigenvalue weighted by Gasteiger charge is -2.17. The zero-order valence-electron chi connectivity index (χ0n) is 15.8. The van der Waals surface area contributed by atoms with E-state index in [4.69, 9.17) is 0 Å². The van der Waals surface area contributed by atoms with Gasteiger partial charge in [-0.25, -0.2) is 9.97 Å². The first kappa shape index (κ1) is 18.9. The van der Waals surface area contributed by atoms with E-state index < -0.39 is 0 Å². The highest BCUT2D eigenvalue weighted by Crippen LogP contribution is 2.35. The summed E-state index contributed by atoms with van der Waals surface area (Å²) in [5, 5.41) is 2.00. The second-order valence-electron chi connectivity index (χ2n) is 6.56. The maximum absolute atomic E-state index is 12.6. The van der Waals surface area contributed by atoms with Gasteiger partial charge in [0.1, 0.15) is 15.7 Å². The minimum Gasteiger partial charge on any atom is -0.341 e. The minimum absolute atomic E-state index is 0.101. The van der Waals surface area contributed by atoms with Crippen LogP contribution in [0.3, 0.4) is 0 Å². The molecule has 26 heavy (non-hydrogen) atoms. The van der Waals surface area contributed by atoms with Gasteiger partial charge in [-0.05, 0) is 38.8 Å². The average Bonchev–Trinajstić information content (AvgIpc) is 2.88. The molecule has 2 aromatic heterocycles. The number of hydrogen-bond donors (Lipinski definition) is 0. The summed E-state index contributed by atoms with van der Waals surface area (Å²) in [4.78, 5) is 25.7. The molecule has 0 N–H and O–H groups in total. The molecule has 0 atom stereocenters. The summed E-state index contributed by atoms with van der Waals surface area (Å²) in [6.45, 7) is 8.79. The molecule has 0 aliphatic carbocycles. The lowest BCUT2D eigenvalue weighted by Crippen LogP contribution is -2.27. The molecule has 0 aliphatic rings. The molecule has 6 heteroatoms. The fourth-order valence-electron chi connectivity index (χ4n) is 2.71. The number of carbonyl (C=O) groups is 1. The van der Waals surface area contributed by atoms with E-state index in [1.54, 1.807) is 16.2 Å². The Morgan fingerprint density at radius 1 is 1.12 bits per heavy atom. The van der Waals surface area contributed by atoms with E-state index >= 15 is 0 Å². The monoisotopic (exact) mass is 385 g/mol. The fourth-order valence-corrected chi connectivity index (χ4v) is 4.93. The predicted octanol–water partition coefficient (Wildman–Crippen LogP) is 4.68. The van der Waals surface area contributed by atoms with Crippen molar-refractivity contribution < 1.29 is 4.79 Å². The van der Waals surface area contributed by atoms with Gasteiger partial charge in [-0.2, -0.15) is 0 Å². The SMILES string of the molecule is Cc1ccc(CN(C)C(=O)CSc2nc(C)nc3sc(C)c(C)c23)cc1. The second-order valence-corrected chi connectivity index (χ2v) is 8.73. The van der Waals surface area contributed by atoms with Gasteiger partial charge in [-0.3, -0.25) is 4.79 Å². The average molecular weight is 386 g/mol. The van der Waals surface area contributed by atoms with Crippen molar-refractivity contribution in [2.75, 3.05) is 12.8 Å². The highest BCUT2D eigenvalue weighted by Gasteiger charge is 2.16. The first-order valence-corrected chi connectivity index (χ1v) is 10.3. The number of thiophene rings is 1. The summed E-state index contributed by atoms with van der Waals surface area (Å²) in [7, 11) is 1.85. The van der Waals surface area contributed by atoms with Crippen molar-refractivity contribution in [3.8, 4) is 0 Å². The number of aryl methyl sites for hydroxylation is 4. The largest absolute Gasteiger partial charge is 0.341 e. The van der Waals surface area contributed by atoms with Crippen LogP contribution in [-0.4, -0.2) is 33.6 Å². The van der Waals surface area contributed by atoms with Gasteiger partial charge in [0.15, 0.2) is 0 Å². The van der Waals surface area contributed by atoms with E-state index in [1.807, 2.05) is 14.0 Å². The van der Waals surface area contributed by atoms with Crippen LogP contribution in [0.15, 0.2) is 29.3 Å².